The van der Waals surface area contributed by atoms with E-state index in [9.17, 15) is 0 Å². The van der Waals surface area contributed by atoms with Gasteiger partial charge in [0.1, 0.15) is 5.75 Å². The summed E-state index contributed by atoms with van der Waals surface area (Å²) in [5.74, 6) is 2.58. The smallest absolute Gasteiger partial charge is 0.122 e. The van der Waals surface area contributed by atoms with Crippen LogP contribution in [0.15, 0.2) is 18.2 Å². The first-order chi connectivity index (χ1) is 9.56. The molecule has 1 aliphatic heterocycles. The molecule has 0 aliphatic carbocycles. The highest BCUT2D eigenvalue weighted by Crippen LogP contribution is 2.27. The number of hydrogen-bond acceptors (Lipinski definition) is 2. The normalized spacial score (nSPS) is 16.9. The van der Waals surface area contributed by atoms with E-state index in [1.807, 2.05) is 0 Å². The number of rotatable bonds is 7. The van der Waals surface area contributed by atoms with Crippen LogP contribution in [0.4, 0.5) is 0 Å². The first-order valence-electron chi connectivity index (χ1n) is 8.04. The summed E-state index contributed by atoms with van der Waals surface area (Å²) >= 11 is 0. The van der Waals surface area contributed by atoms with Crippen molar-refractivity contribution in [2.45, 2.75) is 53.0 Å². The Hall–Kier alpha value is -1.02. The molecule has 0 bridgehead atoms. The lowest BCUT2D eigenvalue weighted by Crippen LogP contribution is -2.30. The second kappa shape index (κ2) is 7.12. The van der Waals surface area contributed by atoms with E-state index in [4.69, 9.17) is 4.74 Å². The van der Waals surface area contributed by atoms with E-state index >= 15 is 0 Å². The van der Waals surface area contributed by atoms with E-state index in [0.29, 0.717) is 6.04 Å². The van der Waals surface area contributed by atoms with Crippen LogP contribution in [0.3, 0.4) is 0 Å². The molecule has 2 heteroatoms. The minimum atomic E-state index is 0.585. The van der Waals surface area contributed by atoms with Crippen molar-refractivity contribution in [3.8, 4) is 5.75 Å². The van der Waals surface area contributed by atoms with Crippen LogP contribution in [0.1, 0.15) is 45.2 Å². The van der Waals surface area contributed by atoms with E-state index in [-0.39, 0.29) is 0 Å². The van der Waals surface area contributed by atoms with Gasteiger partial charge in [-0.1, -0.05) is 39.8 Å². The first kappa shape index (κ1) is 15.4. The van der Waals surface area contributed by atoms with Gasteiger partial charge >= 0.3 is 0 Å². The summed E-state index contributed by atoms with van der Waals surface area (Å²) in [4.78, 5) is 0. The molecule has 0 spiro atoms. The van der Waals surface area contributed by atoms with Crippen LogP contribution in [-0.4, -0.2) is 19.2 Å². The van der Waals surface area contributed by atoms with Crippen LogP contribution in [0.5, 0.6) is 5.75 Å². The van der Waals surface area contributed by atoms with Crippen molar-refractivity contribution in [1.82, 2.24) is 5.32 Å². The minimum Gasteiger partial charge on any atom is -0.493 e. The van der Waals surface area contributed by atoms with Crippen molar-refractivity contribution in [1.29, 1.82) is 0 Å². The van der Waals surface area contributed by atoms with Gasteiger partial charge in [-0.3, -0.25) is 0 Å². The van der Waals surface area contributed by atoms with Gasteiger partial charge in [0.25, 0.3) is 0 Å². The first-order valence-corrected chi connectivity index (χ1v) is 8.04. The van der Waals surface area contributed by atoms with Crippen molar-refractivity contribution >= 4 is 0 Å². The summed E-state index contributed by atoms with van der Waals surface area (Å²) < 4.78 is 5.56. The molecule has 0 saturated carbocycles. The molecule has 2 nitrogen and oxygen atoms in total. The molecule has 1 aromatic rings. The van der Waals surface area contributed by atoms with Crippen molar-refractivity contribution in [2.24, 2.45) is 11.8 Å². The highest BCUT2D eigenvalue weighted by atomic mass is 16.5. The van der Waals surface area contributed by atoms with Gasteiger partial charge in [-0.05, 0) is 48.4 Å². The standard InChI is InChI=1S/C18H29NO/c1-13(2)19-12-15(4)14(3)5-6-16-7-8-18-17(11-16)9-10-20-18/h7-8,11,13-15,19H,5-6,9-10,12H2,1-4H3. The van der Waals surface area contributed by atoms with Crippen LogP contribution >= 0.6 is 0 Å². The molecule has 0 fully saturated rings. The van der Waals surface area contributed by atoms with Crippen molar-refractivity contribution in [3.63, 3.8) is 0 Å². The SMILES string of the molecule is CC(C)NCC(C)C(C)CCc1ccc2c(c1)CCO2. The second-order valence-electron chi connectivity index (χ2n) is 6.60. The molecule has 1 aliphatic rings. The van der Waals surface area contributed by atoms with Gasteiger partial charge in [-0.15, -0.1) is 0 Å². The van der Waals surface area contributed by atoms with Gasteiger partial charge in [-0.2, -0.15) is 0 Å². The molecule has 112 valence electrons. The number of hydrogen-bond donors (Lipinski definition) is 1. The maximum Gasteiger partial charge on any atom is 0.122 e. The number of fused-ring (bicyclic) bond motifs is 1. The molecule has 2 unspecified atom stereocenters. The Morgan fingerprint density at radius 2 is 1.95 bits per heavy atom. The topological polar surface area (TPSA) is 21.3 Å². The average molecular weight is 275 g/mol. The average Bonchev–Trinajstić information content (AvgIpc) is 2.89. The molecule has 0 amide bonds. The van der Waals surface area contributed by atoms with E-state index in [2.05, 4.69) is 51.2 Å². The minimum absolute atomic E-state index is 0.585. The second-order valence-corrected chi connectivity index (χ2v) is 6.60. The summed E-state index contributed by atoms with van der Waals surface area (Å²) in [6.07, 6.45) is 3.52. The largest absolute Gasteiger partial charge is 0.493 e. The molecule has 2 rings (SSSR count). The summed E-state index contributed by atoms with van der Waals surface area (Å²) in [7, 11) is 0. The monoisotopic (exact) mass is 275 g/mol. The number of ether oxygens (including phenoxy) is 1. The number of nitrogens with one attached hydrogen (secondary N) is 1. The third kappa shape index (κ3) is 4.24. The predicted octanol–water partition coefficient (Wildman–Crippen LogP) is 3.82. The van der Waals surface area contributed by atoms with Crippen LogP contribution < -0.4 is 10.1 Å². The fourth-order valence-corrected chi connectivity index (χ4v) is 2.70. The molecule has 0 aromatic heterocycles. The maximum atomic E-state index is 5.56. The lowest BCUT2D eigenvalue weighted by molar-refractivity contribution is 0.338. The van der Waals surface area contributed by atoms with Gasteiger partial charge in [-0.25, -0.2) is 0 Å². The van der Waals surface area contributed by atoms with E-state index in [1.54, 1.807) is 0 Å². The highest BCUT2D eigenvalue weighted by molar-refractivity contribution is 5.39. The van der Waals surface area contributed by atoms with Crippen molar-refractivity contribution < 1.29 is 4.74 Å². The Bertz CT molecular complexity index is 427. The molecule has 20 heavy (non-hydrogen) atoms. The summed E-state index contributed by atoms with van der Waals surface area (Å²) in [5, 5.41) is 3.54. The zero-order chi connectivity index (χ0) is 14.5. The Morgan fingerprint density at radius 3 is 2.70 bits per heavy atom. The zero-order valence-electron chi connectivity index (χ0n) is 13.4. The summed E-state index contributed by atoms with van der Waals surface area (Å²) in [6, 6.07) is 7.30. The molecule has 0 radical (unpaired) electrons. The Kier molecular flexibility index (Phi) is 5.47. The zero-order valence-corrected chi connectivity index (χ0v) is 13.4. The molecular formula is C18H29NO. The molecule has 2 atom stereocenters. The summed E-state index contributed by atoms with van der Waals surface area (Å²) in [5.41, 5.74) is 2.86. The molecular weight excluding hydrogens is 246 g/mol. The quantitative estimate of drug-likeness (QED) is 0.816. The Balaban J connectivity index is 1.79. The molecule has 1 aromatic carbocycles. The van der Waals surface area contributed by atoms with E-state index in [0.717, 1.165) is 37.2 Å². The van der Waals surface area contributed by atoms with Gasteiger partial charge in [0.05, 0.1) is 6.61 Å². The van der Waals surface area contributed by atoms with Gasteiger partial charge < -0.3 is 10.1 Å². The van der Waals surface area contributed by atoms with E-state index in [1.165, 1.54) is 24.0 Å². The summed E-state index contributed by atoms with van der Waals surface area (Å²) in [6.45, 7) is 11.1. The van der Waals surface area contributed by atoms with E-state index < -0.39 is 0 Å². The van der Waals surface area contributed by atoms with Crippen LogP contribution in [-0.2, 0) is 12.8 Å². The fraction of sp³-hybridized carbons (Fsp3) is 0.667. The Labute approximate surface area is 123 Å². The molecule has 1 heterocycles. The number of aryl methyl sites for hydroxylation is 1. The fourth-order valence-electron chi connectivity index (χ4n) is 2.70. The third-order valence-electron chi connectivity index (χ3n) is 4.46. The third-order valence-corrected chi connectivity index (χ3v) is 4.46. The van der Waals surface area contributed by atoms with Crippen LogP contribution in [0, 0.1) is 11.8 Å². The Morgan fingerprint density at radius 1 is 1.15 bits per heavy atom. The van der Waals surface area contributed by atoms with Gasteiger partial charge in [0.15, 0.2) is 0 Å². The number of benzene rings is 1. The molecule has 0 saturated heterocycles. The van der Waals surface area contributed by atoms with Gasteiger partial charge in [0.2, 0.25) is 0 Å². The van der Waals surface area contributed by atoms with Gasteiger partial charge in [0, 0.05) is 12.5 Å². The highest BCUT2D eigenvalue weighted by Gasteiger charge is 2.15. The lowest BCUT2D eigenvalue weighted by Gasteiger charge is -2.21. The van der Waals surface area contributed by atoms with Crippen molar-refractivity contribution in [2.75, 3.05) is 13.2 Å². The van der Waals surface area contributed by atoms with Crippen molar-refractivity contribution in [3.05, 3.63) is 29.3 Å². The predicted molar refractivity (Wildman–Crippen MR) is 85.4 cm³/mol. The lowest BCUT2D eigenvalue weighted by atomic mass is 9.89. The maximum absolute atomic E-state index is 5.56. The molecule has 1 N–H and O–H groups in total. The van der Waals surface area contributed by atoms with Crippen LogP contribution in [0.2, 0.25) is 0 Å². The van der Waals surface area contributed by atoms with Crippen LogP contribution in [0.25, 0.3) is 0 Å².